The number of aromatic nitrogens is 1. The van der Waals surface area contributed by atoms with Crippen molar-refractivity contribution in [2.45, 2.75) is 0 Å². The van der Waals surface area contributed by atoms with Crippen LogP contribution in [-0.4, -0.2) is 23.0 Å². The van der Waals surface area contributed by atoms with Crippen molar-refractivity contribution >= 4 is 49.3 Å². The number of halogens is 1. The van der Waals surface area contributed by atoms with Crippen LogP contribution < -0.4 is 4.74 Å². The fraction of sp³-hybridized carbons (Fsp3) is 0.0588. The van der Waals surface area contributed by atoms with E-state index in [9.17, 15) is 9.90 Å². The minimum Gasteiger partial charge on any atom is -0.503 e. The molecule has 4 nitrogen and oxygen atoms in total. The Kier molecular flexibility index (Phi) is 4.45. The van der Waals surface area contributed by atoms with Crippen LogP contribution in [-0.2, 0) is 0 Å². The second-order valence-electron chi connectivity index (χ2n) is 4.74. The Balaban J connectivity index is 1.87. The number of ketones is 1. The number of methoxy groups -OCH3 is 1. The summed E-state index contributed by atoms with van der Waals surface area (Å²) in [6.07, 6.45) is 3.14. The van der Waals surface area contributed by atoms with Gasteiger partial charge in [0.15, 0.2) is 16.5 Å². The van der Waals surface area contributed by atoms with Crippen LogP contribution in [0.25, 0.3) is 16.3 Å². The highest BCUT2D eigenvalue weighted by atomic mass is 79.9. The first-order valence-corrected chi connectivity index (χ1v) is 8.34. The van der Waals surface area contributed by atoms with Crippen LogP contribution in [0.2, 0.25) is 0 Å². The van der Waals surface area contributed by atoms with E-state index in [-0.39, 0.29) is 11.5 Å². The van der Waals surface area contributed by atoms with Gasteiger partial charge in [-0.2, -0.15) is 0 Å². The third-order valence-electron chi connectivity index (χ3n) is 3.20. The summed E-state index contributed by atoms with van der Waals surface area (Å²) in [7, 11) is 1.47. The number of ether oxygens (including phenoxy) is 1. The lowest BCUT2D eigenvalue weighted by Crippen LogP contribution is -1.92. The minimum atomic E-state index is -0.158. The summed E-state index contributed by atoms with van der Waals surface area (Å²) >= 11 is 4.62. The number of rotatable bonds is 4. The Morgan fingerprint density at radius 3 is 2.87 bits per heavy atom. The number of hydrogen-bond acceptors (Lipinski definition) is 5. The molecule has 0 saturated heterocycles. The van der Waals surface area contributed by atoms with Crippen molar-refractivity contribution in [3.63, 3.8) is 0 Å². The highest BCUT2D eigenvalue weighted by molar-refractivity contribution is 9.10. The quantitative estimate of drug-likeness (QED) is 0.520. The predicted molar refractivity (Wildman–Crippen MR) is 95.3 cm³/mol. The molecule has 23 heavy (non-hydrogen) atoms. The monoisotopic (exact) mass is 389 g/mol. The van der Waals surface area contributed by atoms with Gasteiger partial charge < -0.3 is 9.84 Å². The average Bonchev–Trinajstić information content (AvgIpc) is 2.99. The zero-order valence-electron chi connectivity index (χ0n) is 12.1. The molecule has 0 atom stereocenters. The molecule has 3 aromatic rings. The van der Waals surface area contributed by atoms with Crippen LogP contribution in [0.3, 0.4) is 0 Å². The van der Waals surface area contributed by atoms with Gasteiger partial charge in [-0.15, -0.1) is 11.3 Å². The van der Waals surface area contributed by atoms with E-state index in [1.165, 1.54) is 24.5 Å². The Morgan fingerprint density at radius 1 is 1.35 bits per heavy atom. The van der Waals surface area contributed by atoms with Gasteiger partial charge in [-0.3, -0.25) is 4.79 Å². The van der Waals surface area contributed by atoms with Crippen molar-refractivity contribution in [1.29, 1.82) is 0 Å². The Morgan fingerprint density at radius 2 is 2.13 bits per heavy atom. The molecule has 0 spiro atoms. The molecule has 6 heteroatoms. The van der Waals surface area contributed by atoms with E-state index in [1.54, 1.807) is 18.2 Å². The normalized spacial score (nSPS) is 11.2. The first-order chi connectivity index (χ1) is 11.1. The van der Waals surface area contributed by atoms with Gasteiger partial charge in [0.1, 0.15) is 0 Å². The van der Waals surface area contributed by atoms with E-state index in [4.69, 9.17) is 4.74 Å². The molecule has 1 aromatic heterocycles. The van der Waals surface area contributed by atoms with Gasteiger partial charge >= 0.3 is 0 Å². The number of hydrogen-bond donors (Lipinski definition) is 1. The number of para-hydroxylation sites is 1. The lowest BCUT2D eigenvalue weighted by Gasteiger charge is -2.06. The zero-order chi connectivity index (χ0) is 16.4. The summed E-state index contributed by atoms with van der Waals surface area (Å²) < 4.78 is 6.58. The van der Waals surface area contributed by atoms with Crippen LogP contribution in [0.15, 0.2) is 46.9 Å². The molecule has 0 aliphatic carbocycles. The predicted octanol–water partition coefficient (Wildman–Crippen LogP) is 4.67. The first kappa shape index (κ1) is 15.7. The number of phenolic OH excluding ortho intramolecular Hbond substituents is 1. The fourth-order valence-electron chi connectivity index (χ4n) is 2.07. The molecule has 0 amide bonds. The molecular formula is C17H12BrNO3S. The number of carbonyl (C=O) groups excluding carboxylic acids is 1. The van der Waals surface area contributed by atoms with Crippen molar-refractivity contribution in [2.75, 3.05) is 7.11 Å². The number of allylic oxidation sites excluding steroid dienone is 1. The van der Waals surface area contributed by atoms with Crippen LogP contribution in [0.1, 0.15) is 15.4 Å². The van der Waals surface area contributed by atoms with E-state index < -0.39 is 0 Å². The van der Waals surface area contributed by atoms with Gasteiger partial charge in [-0.25, -0.2) is 4.98 Å². The maximum Gasteiger partial charge on any atom is 0.214 e. The lowest BCUT2D eigenvalue weighted by atomic mass is 10.1. The van der Waals surface area contributed by atoms with Gasteiger partial charge in [0.05, 0.1) is 21.8 Å². The van der Waals surface area contributed by atoms with Crippen LogP contribution in [0.4, 0.5) is 0 Å². The average molecular weight is 390 g/mol. The summed E-state index contributed by atoms with van der Waals surface area (Å²) in [6, 6.07) is 11.0. The molecule has 3 rings (SSSR count). The van der Waals surface area contributed by atoms with Crippen molar-refractivity contribution in [2.24, 2.45) is 0 Å². The first-order valence-electron chi connectivity index (χ1n) is 6.73. The molecule has 1 N–H and O–H groups in total. The van der Waals surface area contributed by atoms with Crippen LogP contribution in [0.5, 0.6) is 11.5 Å². The topological polar surface area (TPSA) is 59.4 Å². The number of thiazole rings is 1. The molecular weight excluding hydrogens is 378 g/mol. The van der Waals surface area contributed by atoms with Gasteiger partial charge in [0.25, 0.3) is 0 Å². The van der Waals surface area contributed by atoms with Crippen molar-refractivity contribution in [1.82, 2.24) is 4.98 Å². The summed E-state index contributed by atoms with van der Waals surface area (Å²) in [4.78, 5) is 16.6. The van der Waals surface area contributed by atoms with Crippen LogP contribution in [0, 0.1) is 0 Å². The maximum atomic E-state index is 12.3. The maximum absolute atomic E-state index is 12.3. The molecule has 1 heterocycles. The third kappa shape index (κ3) is 3.28. The molecule has 0 bridgehead atoms. The molecule has 0 radical (unpaired) electrons. The number of carbonyl (C=O) groups is 1. The SMILES string of the molecule is COc1cc(C=CC(=O)c2nc3ccccc3s2)cc(Br)c1O. The molecule has 0 unspecified atom stereocenters. The molecule has 0 saturated carbocycles. The van der Waals surface area contributed by atoms with Gasteiger partial charge in [0, 0.05) is 0 Å². The second-order valence-corrected chi connectivity index (χ2v) is 6.62. The fourth-order valence-corrected chi connectivity index (χ4v) is 3.41. The van der Waals surface area contributed by atoms with E-state index in [1.807, 2.05) is 24.3 Å². The molecule has 0 fully saturated rings. The Hall–Kier alpha value is -2.18. The number of aromatic hydroxyl groups is 1. The Bertz CT molecular complexity index is 884. The van der Waals surface area contributed by atoms with E-state index in [2.05, 4.69) is 20.9 Å². The summed E-state index contributed by atoms with van der Waals surface area (Å²) in [6.45, 7) is 0. The van der Waals surface area contributed by atoms with E-state index in [0.29, 0.717) is 15.2 Å². The smallest absolute Gasteiger partial charge is 0.214 e. The highest BCUT2D eigenvalue weighted by Gasteiger charge is 2.10. The zero-order valence-corrected chi connectivity index (χ0v) is 14.5. The standard InChI is InChI=1S/C17H12BrNO3S/c1-22-14-9-10(8-11(18)16(14)21)6-7-13(20)17-19-12-4-2-3-5-15(12)23-17/h2-9,21H,1H3. The summed E-state index contributed by atoms with van der Waals surface area (Å²) in [5, 5.41) is 10.2. The van der Waals surface area contributed by atoms with Crippen molar-refractivity contribution < 1.29 is 14.6 Å². The van der Waals surface area contributed by atoms with Gasteiger partial charge in [-0.1, -0.05) is 18.2 Å². The summed E-state index contributed by atoms with van der Waals surface area (Å²) in [5.74, 6) is 0.211. The van der Waals surface area contributed by atoms with Gasteiger partial charge in [0.2, 0.25) is 5.78 Å². The van der Waals surface area contributed by atoms with E-state index >= 15 is 0 Å². The molecule has 2 aromatic carbocycles. The lowest BCUT2D eigenvalue weighted by molar-refractivity contribution is 0.104. The molecule has 0 aliphatic heterocycles. The third-order valence-corrected chi connectivity index (χ3v) is 4.86. The largest absolute Gasteiger partial charge is 0.503 e. The molecule has 0 aliphatic rings. The highest BCUT2D eigenvalue weighted by Crippen LogP contribution is 2.35. The van der Waals surface area contributed by atoms with E-state index in [0.717, 1.165) is 15.8 Å². The number of nitrogens with zero attached hydrogens (tertiary/aromatic N) is 1. The molecule has 116 valence electrons. The minimum absolute atomic E-state index is 0.0298. The number of phenols is 1. The second kappa shape index (κ2) is 6.52. The number of benzene rings is 2. The van der Waals surface area contributed by atoms with Crippen molar-refractivity contribution in [3.8, 4) is 11.5 Å². The Labute approximate surface area is 145 Å². The summed E-state index contributed by atoms with van der Waals surface area (Å²) in [5.41, 5.74) is 1.56. The van der Waals surface area contributed by atoms with Crippen molar-refractivity contribution in [3.05, 3.63) is 57.5 Å². The van der Waals surface area contributed by atoms with Gasteiger partial charge in [-0.05, 0) is 51.8 Å². The van der Waals surface area contributed by atoms with Crippen LogP contribution >= 0.6 is 27.3 Å². The number of fused-ring (bicyclic) bond motifs is 1.